The van der Waals surface area contributed by atoms with Crippen molar-refractivity contribution < 1.29 is 47.7 Å². The van der Waals surface area contributed by atoms with Crippen molar-refractivity contribution in [2.75, 3.05) is 16.9 Å². The number of amides is 4. The standard InChI is InChI=1S/C50H38N2O10/c1-30(53)60-39-10-6-8-35(28-39)51-45(54)41-22-12-31(26-43(41)47(51)56)32-13-23-42-44(27-32)48(57)52(46(42)55)36-9-7-11-40(29-36)62-49(58)61-38-20-16-34(17-21-38)50(24-4-3-5-25-50)33-14-18-37(59-2)19-15-33/h6-23,26-29H,3-5,24-25H2,1-2H3. The summed E-state index contributed by atoms with van der Waals surface area (Å²) in [6, 6.07) is 37.4. The molecule has 0 saturated heterocycles. The molecule has 0 aromatic heterocycles. The number of hydrogen-bond acceptors (Lipinski definition) is 10. The number of carbonyl (C=O) groups excluding carboxylic acids is 6. The normalized spacial score (nSPS) is 15.3. The van der Waals surface area contributed by atoms with Crippen LogP contribution < -0.4 is 28.7 Å². The number of carbonyl (C=O) groups is 6. The van der Waals surface area contributed by atoms with Crippen molar-refractivity contribution in [3.8, 4) is 34.1 Å². The van der Waals surface area contributed by atoms with Crippen LogP contribution in [0.5, 0.6) is 23.0 Å². The van der Waals surface area contributed by atoms with Gasteiger partial charge in [-0.25, -0.2) is 14.6 Å². The molecule has 9 rings (SSSR count). The molecule has 2 heterocycles. The van der Waals surface area contributed by atoms with Crippen LogP contribution in [0.15, 0.2) is 133 Å². The van der Waals surface area contributed by atoms with E-state index in [1.165, 1.54) is 49.2 Å². The molecule has 12 heteroatoms. The fourth-order valence-corrected chi connectivity index (χ4v) is 8.71. The molecule has 0 atom stereocenters. The number of methoxy groups -OCH3 is 1. The second-order valence-corrected chi connectivity index (χ2v) is 15.4. The molecule has 4 amide bonds. The van der Waals surface area contributed by atoms with E-state index in [1.807, 2.05) is 24.3 Å². The summed E-state index contributed by atoms with van der Waals surface area (Å²) >= 11 is 0. The smallest absolute Gasteiger partial charge is 0.497 e. The average Bonchev–Trinajstić information content (AvgIpc) is 3.69. The minimum Gasteiger partial charge on any atom is -0.497 e. The van der Waals surface area contributed by atoms with Crippen LogP contribution in [0.2, 0.25) is 0 Å². The van der Waals surface area contributed by atoms with Gasteiger partial charge < -0.3 is 18.9 Å². The number of nitrogens with zero attached hydrogens (tertiary/aromatic N) is 2. The van der Waals surface area contributed by atoms with Gasteiger partial charge in [0.1, 0.15) is 23.0 Å². The first-order chi connectivity index (χ1) is 30.0. The first-order valence-corrected chi connectivity index (χ1v) is 20.1. The lowest BCUT2D eigenvalue weighted by atomic mass is 9.65. The third-order valence-corrected chi connectivity index (χ3v) is 11.7. The van der Waals surface area contributed by atoms with Crippen LogP contribution in [-0.4, -0.2) is 42.9 Å². The van der Waals surface area contributed by atoms with Gasteiger partial charge in [-0.2, -0.15) is 0 Å². The molecule has 0 unspecified atom stereocenters. The van der Waals surface area contributed by atoms with E-state index in [9.17, 15) is 28.8 Å². The van der Waals surface area contributed by atoms with E-state index >= 15 is 0 Å². The van der Waals surface area contributed by atoms with Gasteiger partial charge in [-0.15, -0.1) is 0 Å². The number of benzene rings is 6. The number of ether oxygens (including phenoxy) is 4. The molecule has 1 aliphatic carbocycles. The van der Waals surface area contributed by atoms with Crippen molar-refractivity contribution in [2.24, 2.45) is 0 Å². The lowest BCUT2D eigenvalue weighted by Gasteiger charge is -2.38. The van der Waals surface area contributed by atoms with Gasteiger partial charge in [-0.3, -0.25) is 24.0 Å². The van der Waals surface area contributed by atoms with Crippen LogP contribution in [0.1, 0.15) is 91.6 Å². The van der Waals surface area contributed by atoms with E-state index in [-0.39, 0.29) is 50.5 Å². The van der Waals surface area contributed by atoms with Gasteiger partial charge in [0.05, 0.1) is 40.7 Å². The molecule has 0 bridgehead atoms. The van der Waals surface area contributed by atoms with Crippen molar-refractivity contribution in [1.29, 1.82) is 0 Å². The van der Waals surface area contributed by atoms with E-state index in [1.54, 1.807) is 73.8 Å². The van der Waals surface area contributed by atoms with Crippen LogP contribution in [0.4, 0.5) is 16.2 Å². The summed E-state index contributed by atoms with van der Waals surface area (Å²) in [7, 11) is 1.65. The summed E-state index contributed by atoms with van der Waals surface area (Å²) < 4.78 is 21.6. The average molecular weight is 827 g/mol. The Hall–Kier alpha value is -7.86. The van der Waals surface area contributed by atoms with Crippen molar-refractivity contribution in [3.05, 3.63) is 167 Å². The predicted octanol–water partition coefficient (Wildman–Crippen LogP) is 9.72. The van der Waals surface area contributed by atoms with E-state index in [0.29, 0.717) is 16.9 Å². The third kappa shape index (κ3) is 7.15. The van der Waals surface area contributed by atoms with Gasteiger partial charge in [0.15, 0.2) is 0 Å². The molecule has 1 saturated carbocycles. The van der Waals surface area contributed by atoms with E-state index in [2.05, 4.69) is 12.1 Å². The lowest BCUT2D eigenvalue weighted by Crippen LogP contribution is -2.30. The second kappa shape index (κ2) is 16.0. The largest absolute Gasteiger partial charge is 0.519 e. The molecule has 0 radical (unpaired) electrons. The summed E-state index contributed by atoms with van der Waals surface area (Å²) in [5.74, 6) is -1.46. The van der Waals surface area contributed by atoms with Gasteiger partial charge in [0, 0.05) is 24.5 Å². The number of hydrogen-bond donors (Lipinski definition) is 0. The summed E-state index contributed by atoms with van der Waals surface area (Å²) in [6.07, 6.45) is 4.43. The van der Waals surface area contributed by atoms with Crippen LogP contribution in [-0.2, 0) is 10.2 Å². The summed E-state index contributed by atoms with van der Waals surface area (Å²) in [5, 5.41) is 0. The zero-order valence-electron chi connectivity index (χ0n) is 33.7. The Labute approximate surface area is 356 Å². The lowest BCUT2D eigenvalue weighted by molar-refractivity contribution is -0.131. The Bertz CT molecular complexity index is 2820. The molecule has 6 aromatic carbocycles. The van der Waals surface area contributed by atoms with E-state index < -0.39 is 35.8 Å². The topological polar surface area (TPSA) is 146 Å². The van der Waals surface area contributed by atoms with Gasteiger partial charge in [-0.05, 0) is 108 Å². The van der Waals surface area contributed by atoms with Crippen LogP contribution >= 0.6 is 0 Å². The molecule has 6 aromatic rings. The fourth-order valence-electron chi connectivity index (χ4n) is 8.71. The maximum atomic E-state index is 13.9. The minimum atomic E-state index is -0.988. The molecule has 1 fully saturated rings. The van der Waals surface area contributed by atoms with Gasteiger partial charge >= 0.3 is 12.1 Å². The van der Waals surface area contributed by atoms with Crippen molar-refractivity contribution >= 4 is 47.1 Å². The first kappa shape index (κ1) is 39.6. The third-order valence-electron chi connectivity index (χ3n) is 11.7. The quantitative estimate of drug-likeness (QED) is 0.0598. The highest BCUT2D eigenvalue weighted by Crippen LogP contribution is 2.46. The van der Waals surface area contributed by atoms with Crippen LogP contribution in [0, 0.1) is 0 Å². The SMILES string of the molecule is COc1ccc(C2(c3ccc(OC(=O)Oc4cccc(N5C(=O)c6ccc(-c7ccc8c(c7)C(=O)N(c7cccc(OC(C)=O)c7)C8=O)cc6C5=O)c4)cc3)CCCCC2)cc1. The zero-order valence-corrected chi connectivity index (χ0v) is 33.7. The van der Waals surface area contributed by atoms with Crippen molar-refractivity contribution in [2.45, 2.75) is 44.4 Å². The Morgan fingerprint density at radius 3 is 1.42 bits per heavy atom. The Kier molecular flexibility index (Phi) is 10.2. The predicted molar refractivity (Wildman–Crippen MR) is 228 cm³/mol. The van der Waals surface area contributed by atoms with Gasteiger partial charge in [-0.1, -0.05) is 67.8 Å². The summed E-state index contributed by atoms with van der Waals surface area (Å²) in [4.78, 5) is 80.9. The molecular weight excluding hydrogens is 789 g/mol. The highest BCUT2D eigenvalue weighted by molar-refractivity contribution is 6.35. The monoisotopic (exact) mass is 826 g/mol. The molecule has 12 nitrogen and oxygen atoms in total. The van der Waals surface area contributed by atoms with Gasteiger partial charge in [0.2, 0.25) is 0 Å². The Balaban J connectivity index is 0.887. The zero-order chi connectivity index (χ0) is 43.1. The molecule has 0 N–H and O–H groups in total. The maximum Gasteiger partial charge on any atom is 0.519 e. The Morgan fingerprint density at radius 1 is 0.484 bits per heavy atom. The minimum absolute atomic E-state index is 0.0616. The fraction of sp³-hybridized carbons (Fsp3) is 0.160. The molecule has 308 valence electrons. The number of esters is 1. The summed E-state index contributed by atoms with van der Waals surface area (Å²) in [5.41, 5.74) is 4.33. The summed E-state index contributed by atoms with van der Waals surface area (Å²) in [6.45, 7) is 1.25. The molecule has 62 heavy (non-hydrogen) atoms. The van der Waals surface area contributed by atoms with Crippen LogP contribution in [0.3, 0.4) is 0 Å². The molecular formula is C50H38N2O10. The number of rotatable bonds is 9. The van der Waals surface area contributed by atoms with Crippen molar-refractivity contribution in [1.82, 2.24) is 0 Å². The maximum absolute atomic E-state index is 13.9. The van der Waals surface area contributed by atoms with Gasteiger partial charge in [0.25, 0.3) is 23.6 Å². The molecule has 2 aliphatic heterocycles. The highest BCUT2D eigenvalue weighted by atomic mass is 16.7. The highest BCUT2D eigenvalue weighted by Gasteiger charge is 2.40. The Morgan fingerprint density at radius 2 is 0.935 bits per heavy atom. The first-order valence-electron chi connectivity index (χ1n) is 20.1. The van der Waals surface area contributed by atoms with Crippen LogP contribution in [0.25, 0.3) is 11.1 Å². The van der Waals surface area contributed by atoms with Crippen molar-refractivity contribution in [3.63, 3.8) is 0 Å². The van der Waals surface area contributed by atoms with E-state index in [4.69, 9.17) is 18.9 Å². The molecule has 0 spiro atoms. The molecule has 3 aliphatic rings. The number of anilines is 2. The number of fused-ring (bicyclic) bond motifs is 2. The number of imide groups is 2. The van der Waals surface area contributed by atoms with E-state index in [0.717, 1.165) is 46.8 Å². The second-order valence-electron chi connectivity index (χ2n) is 15.4.